The van der Waals surface area contributed by atoms with E-state index in [9.17, 15) is 4.79 Å². The zero-order valence-corrected chi connectivity index (χ0v) is 20.6. The molecule has 2 unspecified atom stereocenters. The van der Waals surface area contributed by atoms with Gasteiger partial charge >= 0.3 is 0 Å². The van der Waals surface area contributed by atoms with E-state index in [4.69, 9.17) is 10.7 Å². The quantitative estimate of drug-likeness (QED) is 0.308. The van der Waals surface area contributed by atoms with Gasteiger partial charge in [-0.1, -0.05) is 19.3 Å². The molecule has 1 amide bonds. The van der Waals surface area contributed by atoms with Gasteiger partial charge in [-0.15, -0.1) is 24.0 Å². The van der Waals surface area contributed by atoms with Crippen LogP contribution in [0.25, 0.3) is 0 Å². The largest absolute Gasteiger partial charge is 0.370 e. The highest BCUT2D eigenvalue weighted by Crippen LogP contribution is 2.28. The normalized spacial score (nSPS) is 26.9. The second-order valence-corrected chi connectivity index (χ2v) is 9.11. The van der Waals surface area contributed by atoms with Gasteiger partial charge in [-0.25, -0.2) is 0 Å². The summed E-state index contributed by atoms with van der Waals surface area (Å²) in [6, 6.07) is 0.599. The maximum Gasteiger partial charge on any atom is 0.217 e. The summed E-state index contributed by atoms with van der Waals surface area (Å²) in [4.78, 5) is 21.4. The van der Waals surface area contributed by atoms with Crippen LogP contribution in [0, 0.1) is 11.8 Å². The van der Waals surface area contributed by atoms with Gasteiger partial charge in [0.15, 0.2) is 5.96 Å². The van der Waals surface area contributed by atoms with Crippen LogP contribution in [-0.2, 0) is 4.79 Å². The number of piperidine rings is 1. The Kier molecular flexibility index (Phi) is 11.0. The van der Waals surface area contributed by atoms with Crippen LogP contribution in [0.5, 0.6) is 0 Å². The highest BCUT2D eigenvalue weighted by atomic mass is 127. The fourth-order valence-electron chi connectivity index (χ4n) is 5.37. The lowest BCUT2D eigenvalue weighted by Gasteiger charge is -2.35. The maximum absolute atomic E-state index is 11.3. The van der Waals surface area contributed by atoms with Gasteiger partial charge in [-0.2, -0.15) is 0 Å². The van der Waals surface area contributed by atoms with Crippen molar-refractivity contribution in [1.82, 2.24) is 15.1 Å². The fraction of sp³-hybridized carbons (Fsp3) is 0.909. The van der Waals surface area contributed by atoms with Gasteiger partial charge in [-0.05, 0) is 63.8 Å². The molecule has 0 aromatic heterocycles. The number of hydrogen-bond donors (Lipinski definition) is 2. The molecule has 1 saturated carbocycles. The number of primary amides is 1. The minimum atomic E-state index is -0.182. The first-order valence-electron chi connectivity index (χ1n) is 11.7. The molecule has 0 aromatic carbocycles. The van der Waals surface area contributed by atoms with Crippen LogP contribution in [0.1, 0.15) is 71.1 Å². The molecule has 0 aromatic rings. The van der Waals surface area contributed by atoms with Crippen LogP contribution in [-0.4, -0.2) is 67.0 Å². The average molecular weight is 520 g/mol. The third kappa shape index (κ3) is 7.89. The van der Waals surface area contributed by atoms with Crippen molar-refractivity contribution in [1.29, 1.82) is 0 Å². The first-order valence-corrected chi connectivity index (χ1v) is 11.7. The van der Waals surface area contributed by atoms with Crippen molar-refractivity contribution in [3.05, 3.63) is 0 Å². The van der Waals surface area contributed by atoms with E-state index in [1.54, 1.807) is 0 Å². The number of aliphatic imine (C=N–C) groups is 1. The molecular weight excluding hydrogens is 477 g/mol. The molecule has 0 spiro atoms. The summed E-state index contributed by atoms with van der Waals surface area (Å²) in [5.41, 5.74) is 5.43. The first kappa shape index (κ1) is 24.7. The summed E-state index contributed by atoms with van der Waals surface area (Å²) in [5, 5.41) is 3.49. The van der Waals surface area contributed by atoms with E-state index in [-0.39, 0.29) is 29.9 Å². The number of rotatable bonds is 7. The minimum absolute atomic E-state index is 0. The lowest BCUT2D eigenvalue weighted by atomic mass is 9.89. The number of hydrogen-bond acceptors (Lipinski definition) is 3. The van der Waals surface area contributed by atoms with Gasteiger partial charge in [0.1, 0.15) is 0 Å². The van der Waals surface area contributed by atoms with Crippen molar-refractivity contribution in [2.24, 2.45) is 22.6 Å². The van der Waals surface area contributed by atoms with Gasteiger partial charge in [0.25, 0.3) is 0 Å². The molecule has 3 fully saturated rings. The molecule has 0 radical (unpaired) electrons. The number of carbonyl (C=O) groups is 1. The van der Waals surface area contributed by atoms with E-state index >= 15 is 0 Å². The number of nitrogens with zero attached hydrogens (tertiary/aromatic N) is 3. The molecule has 6 nitrogen and oxygen atoms in total. The molecule has 1 aliphatic carbocycles. The number of guanidine groups is 1. The average Bonchev–Trinajstić information content (AvgIpc) is 3.12. The predicted molar refractivity (Wildman–Crippen MR) is 131 cm³/mol. The third-order valence-electron chi connectivity index (χ3n) is 6.81. The Hall–Kier alpha value is -0.570. The van der Waals surface area contributed by atoms with Crippen LogP contribution in [0.3, 0.4) is 0 Å². The van der Waals surface area contributed by atoms with Crippen molar-refractivity contribution in [2.45, 2.75) is 77.2 Å². The number of amides is 1. The lowest BCUT2D eigenvalue weighted by molar-refractivity contribution is -0.119. The number of nitrogens with two attached hydrogens (primary N) is 1. The molecule has 168 valence electrons. The molecule has 7 heteroatoms. The Labute approximate surface area is 194 Å². The molecule has 3 rings (SSSR count). The van der Waals surface area contributed by atoms with E-state index in [1.807, 2.05) is 0 Å². The predicted octanol–water partition coefficient (Wildman–Crippen LogP) is 3.20. The summed E-state index contributed by atoms with van der Waals surface area (Å²) < 4.78 is 0. The highest BCUT2D eigenvalue weighted by molar-refractivity contribution is 14.0. The van der Waals surface area contributed by atoms with Crippen LogP contribution < -0.4 is 11.1 Å². The molecule has 2 heterocycles. The van der Waals surface area contributed by atoms with Crippen LogP contribution in [0.4, 0.5) is 0 Å². The van der Waals surface area contributed by atoms with Gasteiger partial charge in [-0.3, -0.25) is 14.7 Å². The van der Waals surface area contributed by atoms with E-state index in [2.05, 4.69) is 22.0 Å². The summed E-state index contributed by atoms with van der Waals surface area (Å²) in [6.45, 7) is 8.35. The third-order valence-corrected chi connectivity index (χ3v) is 6.81. The van der Waals surface area contributed by atoms with Gasteiger partial charge in [0, 0.05) is 38.6 Å². The molecule has 29 heavy (non-hydrogen) atoms. The van der Waals surface area contributed by atoms with E-state index < -0.39 is 0 Å². The van der Waals surface area contributed by atoms with Gasteiger partial charge in [0.05, 0.1) is 6.54 Å². The number of likely N-dealkylation sites (tertiary alicyclic amines) is 2. The Balaban J connectivity index is 0.00000300. The molecular formula is C22H42IN5O. The second kappa shape index (κ2) is 13.0. The molecule has 3 aliphatic rings. The van der Waals surface area contributed by atoms with E-state index in [0.717, 1.165) is 50.9 Å². The monoisotopic (exact) mass is 519 g/mol. The number of nitrogens with one attached hydrogen (secondary N) is 1. The minimum Gasteiger partial charge on any atom is -0.370 e. The van der Waals surface area contributed by atoms with Crippen molar-refractivity contribution in [3.63, 3.8) is 0 Å². The molecule has 0 bridgehead atoms. The fourth-order valence-corrected chi connectivity index (χ4v) is 5.37. The first-order chi connectivity index (χ1) is 13.7. The molecule has 2 saturated heterocycles. The number of halogens is 1. The molecule has 2 atom stereocenters. The summed E-state index contributed by atoms with van der Waals surface area (Å²) in [7, 11) is 0. The van der Waals surface area contributed by atoms with Crippen molar-refractivity contribution < 1.29 is 4.79 Å². The van der Waals surface area contributed by atoms with E-state index in [1.165, 1.54) is 58.0 Å². The SMILES string of the molecule is CCNC(=NCC1CCCN1CC1CCCCC1)N1CCCC(CC(N)=O)C1.I. The topological polar surface area (TPSA) is 74.0 Å². The Morgan fingerprint density at radius 3 is 2.48 bits per heavy atom. The van der Waals surface area contributed by atoms with Crippen molar-refractivity contribution in [3.8, 4) is 0 Å². The van der Waals surface area contributed by atoms with E-state index in [0.29, 0.717) is 18.4 Å². The Morgan fingerprint density at radius 2 is 1.76 bits per heavy atom. The summed E-state index contributed by atoms with van der Waals surface area (Å²) >= 11 is 0. The maximum atomic E-state index is 11.3. The smallest absolute Gasteiger partial charge is 0.217 e. The highest BCUT2D eigenvalue weighted by Gasteiger charge is 2.28. The molecule has 3 N–H and O–H groups in total. The Bertz CT molecular complexity index is 523. The van der Waals surface area contributed by atoms with Gasteiger partial charge in [0.2, 0.25) is 5.91 Å². The summed E-state index contributed by atoms with van der Waals surface area (Å²) in [5.74, 6) is 2.12. The number of carbonyl (C=O) groups excluding carboxylic acids is 1. The van der Waals surface area contributed by atoms with Crippen LogP contribution in [0.15, 0.2) is 4.99 Å². The zero-order chi connectivity index (χ0) is 19.8. The standard InChI is InChI=1S/C22H41N5O.HI/c1-2-24-22(27-13-6-10-19(17-27)14-21(23)28)25-15-20-11-7-12-26(20)16-18-8-4-3-5-9-18;/h18-20H,2-17H2,1H3,(H2,23,28)(H,24,25);1H. The second-order valence-electron chi connectivity index (χ2n) is 9.11. The van der Waals surface area contributed by atoms with Crippen LogP contribution in [0.2, 0.25) is 0 Å². The Morgan fingerprint density at radius 1 is 1.03 bits per heavy atom. The van der Waals surface area contributed by atoms with Gasteiger partial charge < -0.3 is 16.0 Å². The van der Waals surface area contributed by atoms with Crippen LogP contribution >= 0.6 is 24.0 Å². The summed E-state index contributed by atoms with van der Waals surface area (Å²) in [6.07, 6.45) is 12.4. The van der Waals surface area contributed by atoms with Crippen molar-refractivity contribution in [2.75, 3.05) is 39.3 Å². The van der Waals surface area contributed by atoms with Crippen molar-refractivity contribution >= 4 is 35.8 Å². The molecule has 2 aliphatic heterocycles. The lowest BCUT2D eigenvalue weighted by Crippen LogP contribution is -2.47. The zero-order valence-electron chi connectivity index (χ0n) is 18.3.